The fourth-order valence-electron chi connectivity index (χ4n) is 0.500. The smallest absolute Gasteiger partial charge is 0.0106 e. The summed E-state index contributed by atoms with van der Waals surface area (Å²) in [5, 5.41) is 0. The van der Waals surface area contributed by atoms with Crippen molar-refractivity contribution in [3.63, 3.8) is 0 Å². The highest BCUT2D eigenvalue weighted by molar-refractivity contribution is 4.31. The topological polar surface area (TPSA) is 52.0 Å². The van der Waals surface area contributed by atoms with E-state index in [1.54, 1.807) is 0 Å². The highest BCUT2D eigenvalue weighted by atomic mass is 14.5. The molecule has 0 aliphatic heterocycles. The van der Waals surface area contributed by atoms with Crippen LogP contribution in [0.1, 0.15) is 53.4 Å². The van der Waals surface area contributed by atoms with E-state index in [-0.39, 0.29) is 0 Å². The van der Waals surface area contributed by atoms with Gasteiger partial charge < -0.3 is 11.5 Å². The number of nitrogens with two attached hydrogens (primary N) is 2. The average molecular weight is 176 g/mol. The van der Waals surface area contributed by atoms with Gasteiger partial charge in [-0.15, -0.1) is 0 Å². The van der Waals surface area contributed by atoms with E-state index >= 15 is 0 Å². The second kappa shape index (κ2) is 30.7. The lowest BCUT2D eigenvalue weighted by molar-refractivity contribution is 0.702. The maximum atomic E-state index is 4.85. The van der Waals surface area contributed by atoms with E-state index in [2.05, 4.69) is 13.8 Å². The van der Waals surface area contributed by atoms with Crippen molar-refractivity contribution in [3.05, 3.63) is 0 Å². The van der Waals surface area contributed by atoms with Crippen molar-refractivity contribution in [1.82, 2.24) is 0 Å². The molecule has 0 spiro atoms. The fourth-order valence-corrected chi connectivity index (χ4v) is 0.500. The van der Waals surface area contributed by atoms with E-state index in [4.69, 9.17) is 11.5 Å². The van der Waals surface area contributed by atoms with Gasteiger partial charge in [-0.25, -0.2) is 0 Å². The molecule has 2 nitrogen and oxygen atoms in total. The Bertz CT molecular complexity index is 32.8. The molecule has 0 unspecified atom stereocenters. The normalized spacial score (nSPS) is 7.50. The molecule has 78 valence electrons. The maximum Gasteiger partial charge on any atom is -0.0106 e. The lowest BCUT2D eigenvalue weighted by atomic mass is 10.2. The van der Waals surface area contributed by atoms with Crippen LogP contribution in [0.3, 0.4) is 0 Å². The van der Waals surface area contributed by atoms with Crippen LogP contribution in [0.15, 0.2) is 0 Å². The highest BCUT2D eigenvalue weighted by Gasteiger charge is 1.75. The first-order valence-corrected chi connectivity index (χ1v) is 5.14. The van der Waals surface area contributed by atoms with Gasteiger partial charge in [0.05, 0.1) is 0 Å². The number of hydrogen-bond acceptors (Lipinski definition) is 2. The van der Waals surface area contributed by atoms with Gasteiger partial charge in [0, 0.05) is 0 Å². The van der Waals surface area contributed by atoms with Crippen LogP contribution in [0.25, 0.3) is 0 Å². The predicted octanol–water partition coefficient (Wildman–Crippen LogP) is 2.52. The molecule has 0 heterocycles. The van der Waals surface area contributed by atoms with Crippen molar-refractivity contribution in [3.8, 4) is 0 Å². The van der Waals surface area contributed by atoms with Crippen molar-refractivity contribution in [2.75, 3.05) is 13.1 Å². The van der Waals surface area contributed by atoms with E-state index < -0.39 is 0 Å². The third-order valence-electron chi connectivity index (χ3n) is 0.957. The molecule has 0 aromatic rings. The van der Waals surface area contributed by atoms with Gasteiger partial charge in [0.25, 0.3) is 0 Å². The highest BCUT2D eigenvalue weighted by Crippen LogP contribution is 1.95. The Hall–Kier alpha value is -0.0800. The van der Waals surface area contributed by atoms with Gasteiger partial charge in [0.15, 0.2) is 0 Å². The summed E-state index contributed by atoms with van der Waals surface area (Å²) in [5.41, 5.74) is 9.69. The second-order valence-electron chi connectivity index (χ2n) is 2.52. The van der Waals surface area contributed by atoms with Crippen LogP contribution in [-0.4, -0.2) is 13.1 Å². The first-order chi connectivity index (χ1) is 5.74. The minimum Gasteiger partial charge on any atom is -0.331 e. The summed E-state index contributed by atoms with van der Waals surface area (Å²) in [4.78, 5) is 0. The van der Waals surface area contributed by atoms with Crippen LogP contribution in [-0.2, 0) is 0 Å². The summed E-state index contributed by atoms with van der Waals surface area (Å²) in [6, 6.07) is 0. The molecule has 0 aromatic carbocycles. The van der Waals surface area contributed by atoms with Crippen molar-refractivity contribution in [2.45, 2.75) is 53.4 Å². The fraction of sp³-hybridized carbons (Fsp3) is 1.00. The largest absolute Gasteiger partial charge is 0.331 e. The molecule has 0 fully saturated rings. The molecule has 0 aromatic heterocycles. The van der Waals surface area contributed by atoms with Crippen molar-refractivity contribution < 1.29 is 0 Å². The minimum atomic E-state index is 0.750. The third-order valence-corrected chi connectivity index (χ3v) is 0.957. The first kappa shape index (κ1) is 17.9. The van der Waals surface area contributed by atoms with Crippen molar-refractivity contribution >= 4 is 0 Å². The van der Waals surface area contributed by atoms with E-state index in [0.717, 1.165) is 13.1 Å². The molecule has 12 heavy (non-hydrogen) atoms. The molecule has 0 aliphatic carbocycles. The van der Waals surface area contributed by atoms with Gasteiger partial charge in [-0.1, -0.05) is 53.4 Å². The number of hydrogen-bond donors (Lipinski definition) is 2. The third kappa shape index (κ3) is 92.6. The quantitative estimate of drug-likeness (QED) is 0.649. The van der Waals surface area contributed by atoms with Crippen LogP contribution in [0.5, 0.6) is 0 Å². The Kier molecular flexibility index (Phi) is 45.6. The van der Waals surface area contributed by atoms with Crippen LogP contribution in [0.4, 0.5) is 0 Å². The van der Waals surface area contributed by atoms with Crippen molar-refractivity contribution in [1.29, 1.82) is 0 Å². The Morgan fingerprint density at radius 1 is 0.667 bits per heavy atom. The second-order valence-corrected chi connectivity index (χ2v) is 2.52. The van der Waals surface area contributed by atoms with E-state index in [1.807, 2.05) is 13.8 Å². The van der Waals surface area contributed by atoms with E-state index in [0.29, 0.717) is 0 Å². The number of unbranched alkanes of at least 4 members (excludes halogenated alkanes) is 3. The summed E-state index contributed by atoms with van der Waals surface area (Å²) in [6.45, 7) is 9.77. The molecule has 0 saturated carbocycles. The molecule has 0 rings (SSSR count). The lowest BCUT2D eigenvalue weighted by Crippen LogP contribution is -1.87. The summed E-state index contributed by atoms with van der Waals surface area (Å²) < 4.78 is 0. The van der Waals surface area contributed by atoms with Gasteiger partial charge in [0.1, 0.15) is 0 Å². The summed E-state index contributed by atoms with van der Waals surface area (Å²) in [6.07, 6.45) is 5.54. The van der Waals surface area contributed by atoms with Crippen LogP contribution < -0.4 is 11.5 Å². The van der Waals surface area contributed by atoms with Gasteiger partial charge in [-0.3, -0.25) is 0 Å². The molecular weight excluding hydrogens is 148 g/mol. The molecular formula is C10H28N2. The summed E-state index contributed by atoms with van der Waals surface area (Å²) in [5.74, 6) is 0. The zero-order valence-corrected chi connectivity index (χ0v) is 9.40. The Morgan fingerprint density at radius 2 is 0.833 bits per heavy atom. The Balaban J connectivity index is -0.000000115. The van der Waals surface area contributed by atoms with Gasteiger partial charge >= 0.3 is 0 Å². The number of rotatable bonds is 3. The van der Waals surface area contributed by atoms with Crippen LogP contribution in [0, 0.1) is 0 Å². The monoisotopic (exact) mass is 176 g/mol. The van der Waals surface area contributed by atoms with Crippen molar-refractivity contribution in [2.24, 2.45) is 11.5 Å². The first-order valence-electron chi connectivity index (χ1n) is 5.14. The summed E-state index contributed by atoms with van der Waals surface area (Å²) >= 11 is 0. The molecule has 4 N–H and O–H groups in total. The minimum absolute atomic E-state index is 0.750. The van der Waals surface area contributed by atoms with Crippen LogP contribution >= 0.6 is 0 Å². The zero-order chi connectivity index (χ0) is 10.2. The molecule has 0 amide bonds. The van der Waals surface area contributed by atoms with E-state index in [9.17, 15) is 0 Å². The summed E-state index contributed by atoms with van der Waals surface area (Å²) in [7, 11) is 0. The molecule has 0 bridgehead atoms. The SMILES string of the molecule is CCCCCC.CCN.CCN. The molecule has 0 saturated heterocycles. The Labute approximate surface area is 78.7 Å². The standard InChI is InChI=1S/C6H14.2C2H7N/c1-3-5-6-4-2;2*1-2-3/h3-6H2,1-2H3;2*2-3H2,1H3. The Morgan fingerprint density at radius 3 is 0.917 bits per heavy atom. The molecule has 0 radical (unpaired) electrons. The van der Waals surface area contributed by atoms with Gasteiger partial charge in [-0.05, 0) is 13.1 Å². The van der Waals surface area contributed by atoms with Crippen LogP contribution in [0.2, 0.25) is 0 Å². The molecule has 0 atom stereocenters. The predicted molar refractivity (Wildman–Crippen MR) is 59.3 cm³/mol. The molecule has 0 aliphatic rings. The zero-order valence-electron chi connectivity index (χ0n) is 9.40. The lowest BCUT2D eigenvalue weighted by Gasteiger charge is -1.86. The maximum absolute atomic E-state index is 4.85. The van der Waals surface area contributed by atoms with Gasteiger partial charge in [0.2, 0.25) is 0 Å². The average Bonchev–Trinajstić information content (AvgIpc) is 2.04. The molecule has 2 heteroatoms. The van der Waals surface area contributed by atoms with Gasteiger partial charge in [-0.2, -0.15) is 0 Å². The van der Waals surface area contributed by atoms with E-state index in [1.165, 1.54) is 25.7 Å².